The molecule has 0 radical (unpaired) electrons. The molecule has 0 saturated carbocycles. The van der Waals surface area contributed by atoms with Gasteiger partial charge in [-0.2, -0.15) is 0 Å². The molecule has 144 valence electrons. The van der Waals surface area contributed by atoms with Crippen LogP contribution in [0.1, 0.15) is 41.4 Å². The molecule has 1 saturated heterocycles. The van der Waals surface area contributed by atoms with Crippen LogP contribution in [0.15, 0.2) is 41.2 Å². The molecule has 0 bridgehead atoms. The lowest BCUT2D eigenvalue weighted by Gasteiger charge is -2.33. The second kappa shape index (κ2) is 8.28. The second-order valence-electron chi connectivity index (χ2n) is 7.23. The number of aromatic nitrogens is 1. The van der Waals surface area contributed by atoms with Crippen LogP contribution in [0.2, 0.25) is 5.02 Å². The maximum absolute atomic E-state index is 12.9. The molecule has 0 N–H and O–H groups in total. The van der Waals surface area contributed by atoms with Crippen LogP contribution in [0.4, 0.5) is 0 Å². The van der Waals surface area contributed by atoms with Gasteiger partial charge in [0, 0.05) is 37.3 Å². The van der Waals surface area contributed by atoms with Crippen LogP contribution in [0.3, 0.4) is 0 Å². The minimum atomic E-state index is -0.250. The topological polar surface area (TPSA) is 51.5 Å². The predicted octanol–water partition coefficient (Wildman–Crippen LogP) is 3.25. The summed E-state index contributed by atoms with van der Waals surface area (Å²) in [7, 11) is 1.72. The van der Waals surface area contributed by atoms with E-state index < -0.39 is 0 Å². The van der Waals surface area contributed by atoms with Crippen LogP contribution >= 0.6 is 11.6 Å². The van der Waals surface area contributed by atoms with Crippen molar-refractivity contribution >= 4 is 17.5 Å². The average molecular weight is 389 g/mol. The van der Waals surface area contributed by atoms with Crippen molar-refractivity contribution in [3.8, 4) is 0 Å². The highest BCUT2D eigenvalue weighted by molar-refractivity contribution is 6.31. The minimum Gasteiger partial charge on any atom is -0.374 e. The highest BCUT2D eigenvalue weighted by Gasteiger charge is 2.27. The van der Waals surface area contributed by atoms with Gasteiger partial charge >= 0.3 is 0 Å². The number of rotatable bonds is 4. The largest absolute Gasteiger partial charge is 0.374 e. The molecule has 1 atom stereocenters. The zero-order valence-electron chi connectivity index (χ0n) is 15.9. The summed E-state index contributed by atoms with van der Waals surface area (Å²) < 4.78 is 7.39. The molecule has 27 heavy (non-hydrogen) atoms. The number of benzene rings is 1. The first-order valence-electron chi connectivity index (χ1n) is 9.22. The van der Waals surface area contributed by atoms with E-state index >= 15 is 0 Å². The fourth-order valence-electron chi connectivity index (χ4n) is 3.50. The van der Waals surface area contributed by atoms with Gasteiger partial charge in [-0.15, -0.1) is 0 Å². The van der Waals surface area contributed by atoms with Crippen molar-refractivity contribution < 1.29 is 9.53 Å². The van der Waals surface area contributed by atoms with Gasteiger partial charge in [-0.25, -0.2) is 0 Å². The zero-order chi connectivity index (χ0) is 19.6. The number of ether oxygens (including phenoxy) is 1. The summed E-state index contributed by atoms with van der Waals surface area (Å²) in [5.74, 6) is -0.0198. The lowest BCUT2D eigenvalue weighted by molar-refractivity contribution is -0.0208. The second-order valence-corrected chi connectivity index (χ2v) is 7.64. The number of nitrogens with zero attached hydrogens (tertiary/aromatic N) is 2. The molecule has 3 rings (SSSR count). The number of halogens is 1. The Morgan fingerprint density at radius 3 is 2.70 bits per heavy atom. The number of hydrogen-bond acceptors (Lipinski definition) is 3. The van der Waals surface area contributed by atoms with Gasteiger partial charge in [0.2, 0.25) is 0 Å². The first-order chi connectivity index (χ1) is 12.9. The number of carbonyl (C=O) groups excluding carboxylic acids is 1. The molecule has 2 aromatic rings. The Morgan fingerprint density at radius 1 is 1.26 bits per heavy atom. The van der Waals surface area contributed by atoms with Crippen molar-refractivity contribution in [3.05, 3.63) is 68.6 Å². The summed E-state index contributed by atoms with van der Waals surface area (Å²) in [5, 5.41) is 0.697. The lowest BCUT2D eigenvalue weighted by atomic mass is 10.1. The molecule has 1 unspecified atom stereocenters. The Morgan fingerprint density at radius 2 is 2.00 bits per heavy atom. The van der Waals surface area contributed by atoms with E-state index in [0.717, 1.165) is 11.3 Å². The fraction of sp³-hybridized carbons (Fsp3) is 0.429. The summed E-state index contributed by atoms with van der Waals surface area (Å²) in [5.41, 5.74) is 1.87. The van der Waals surface area contributed by atoms with Gasteiger partial charge in [-0.3, -0.25) is 9.59 Å². The van der Waals surface area contributed by atoms with E-state index in [-0.39, 0.29) is 29.1 Å². The summed E-state index contributed by atoms with van der Waals surface area (Å²) >= 11 is 6.24. The van der Waals surface area contributed by atoms with Crippen LogP contribution in [0.25, 0.3) is 0 Å². The van der Waals surface area contributed by atoms with Crippen LogP contribution in [-0.2, 0) is 18.2 Å². The monoisotopic (exact) mass is 388 g/mol. The van der Waals surface area contributed by atoms with Gasteiger partial charge < -0.3 is 14.2 Å². The smallest absolute Gasteiger partial charge is 0.263 e. The standard InChI is InChI=1S/C21H25ClN2O3/c1-14(2)19-9-8-17(20(25)23(19)3)21(26)24-10-11-27-16(13-24)12-15-6-4-5-7-18(15)22/h4-9,14,16H,10-13H2,1-3H3. The van der Waals surface area contributed by atoms with Crippen LogP contribution in [-0.4, -0.2) is 41.2 Å². The van der Waals surface area contributed by atoms with E-state index in [2.05, 4.69) is 0 Å². The average Bonchev–Trinajstić information content (AvgIpc) is 2.65. The molecule has 1 aromatic carbocycles. The molecule has 1 aliphatic rings. The number of pyridine rings is 1. The Labute approximate surface area is 164 Å². The molecular weight excluding hydrogens is 364 g/mol. The Bertz CT molecular complexity index is 891. The van der Waals surface area contributed by atoms with Crippen molar-refractivity contribution in [2.45, 2.75) is 32.3 Å². The van der Waals surface area contributed by atoms with E-state index in [9.17, 15) is 9.59 Å². The Hall–Kier alpha value is -2.11. The number of morpholine rings is 1. The molecule has 0 spiro atoms. The molecule has 1 amide bonds. The van der Waals surface area contributed by atoms with Crippen LogP contribution in [0.5, 0.6) is 0 Å². The first kappa shape index (κ1) is 19.6. The Kier molecular flexibility index (Phi) is 6.02. The van der Waals surface area contributed by atoms with E-state index in [1.807, 2.05) is 44.2 Å². The molecule has 2 heterocycles. The summed E-state index contributed by atoms with van der Waals surface area (Å²) in [6.07, 6.45) is 0.495. The van der Waals surface area contributed by atoms with Crippen molar-refractivity contribution in [1.82, 2.24) is 9.47 Å². The molecule has 1 aliphatic heterocycles. The third-order valence-electron chi connectivity index (χ3n) is 5.00. The number of amides is 1. The SMILES string of the molecule is CC(C)c1ccc(C(=O)N2CCOC(Cc3ccccc3Cl)C2)c(=O)n1C. The van der Waals surface area contributed by atoms with Gasteiger partial charge in [0.05, 0.1) is 12.7 Å². The summed E-state index contributed by atoms with van der Waals surface area (Å²) in [6.45, 7) is 5.42. The molecule has 0 aliphatic carbocycles. The third kappa shape index (κ3) is 4.25. The van der Waals surface area contributed by atoms with E-state index in [0.29, 0.717) is 31.1 Å². The molecular formula is C21H25ClN2O3. The van der Waals surface area contributed by atoms with Crippen molar-refractivity contribution in [3.63, 3.8) is 0 Å². The van der Waals surface area contributed by atoms with E-state index in [1.165, 1.54) is 0 Å². The van der Waals surface area contributed by atoms with Crippen LogP contribution < -0.4 is 5.56 Å². The third-order valence-corrected chi connectivity index (χ3v) is 5.37. The summed E-state index contributed by atoms with van der Waals surface area (Å²) in [4.78, 5) is 27.3. The normalized spacial score (nSPS) is 17.4. The zero-order valence-corrected chi connectivity index (χ0v) is 16.7. The van der Waals surface area contributed by atoms with Gasteiger partial charge in [0.25, 0.3) is 11.5 Å². The van der Waals surface area contributed by atoms with Crippen molar-refractivity contribution in [1.29, 1.82) is 0 Å². The van der Waals surface area contributed by atoms with E-state index in [1.54, 1.807) is 22.6 Å². The Balaban J connectivity index is 1.76. The quantitative estimate of drug-likeness (QED) is 0.807. The highest BCUT2D eigenvalue weighted by Crippen LogP contribution is 2.20. The van der Waals surface area contributed by atoms with Gasteiger partial charge in [-0.1, -0.05) is 43.6 Å². The van der Waals surface area contributed by atoms with Gasteiger partial charge in [-0.05, 0) is 29.7 Å². The molecule has 5 nitrogen and oxygen atoms in total. The van der Waals surface area contributed by atoms with Crippen molar-refractivity contribution in [2.24, 2.45) is 7.05 Å². The molecule has 1 fully saturated rings. The van der Waals surface area contributed by atoms with Gasteiger partial charge in [0.1, 0.15) is 5.56 Å². The van der Waals surface area contributed by atoms with Crippen LogP contribution in [0, 0.1) is 0 Å². The highest BCUT2D eigenvalue weighted by atomic mass is 35.5. The number of hydrogen-bond donors (Lipinski definition) is 0. The number of carbonyl (C=O) groups is 1. The van der Waals surface area contributed by atoms with E-state index in [4.69, 9.17) is 16.3 Å². The molecule has 1 aromatic heterocycles. The predicted molar refractivity (Wildman–Crippen MR) is 107 cm³/mol. The lowest BCUT2D eigenvalue weighted by Crippen LogP contribution is -2.48. The summed E-state index contributed by atoms with van der Waals surface area (Å²) in [6, 6.07) is 11.2. The maximum atomic E-state index is 12.9. The fourth-order valence-corrected chi connectivity index (χ4v) is 3.71. The van der Waals surface area contributed by atoms with Crippen molar-refractivity contribution in [2.75, 3.05) is 19.7 Å². The van der Waals surface area contributed by atoms with Gasteiger partial charge in [0.15, 0.2) is 0 Å². The minimum absolute atomic E-state index is 0.138. The first-order valence-corrected chi connectivity index (χ1v) is 9.60. The molecule has 6 heteroatoms. The maximum Gasteiger partial charge on any atom is 0.263 e.